The molecule has 0 saturated carbocycles. The maximum Gasteiger partial charge on any atom is 0.0106 e. The van der Waals surface area contributed by atoms with Crippen molar-refractivity contribution in [3.8, 4) is 0 Å². The highest BCUT2D eigenvalue weighted by Gasteiger charge is 2.22. The molecule has 0 bridgehead atoms. The first-order valence-electron chi connectivity index (χ1n) is 6.60. The van der Waals surface area contributed by atoms with Crippen LogP contribution in [-0.4, -0.2) is 62.7 Å². The SMILES string of the molecule is CN(C)CCN(C)CC(C)(C)CNC(C)(C)C. The van der Waals surface area contributed by atoms with Gasteiger partial charge in [-0.1, -0.05) is 13.8 Å². The zero-order valence-corrected chi connectivity index (χ0v) is 13.2. The summed E-state index contributed by atoms with van der Waals surface area (Å²) in [5.74, 6) is 0. The molecule has 0 aromatic heterocycles. The molecule has 0 unspecified atom stereocenters. The third-order valence-corrected chi connectivity index (χ3v) is 2.72. The van der Waals surface area contributed by atoms with Crippen molar-refractivity contribution < 1.29 is 0 Å². The monoisotopic (exact) mass is 243 g/mol. The van der Waals surface area contributed by atoms with Gasteiger partial charge in [-0.15, -0.1) is 0 Å². The predicted molar refractivity (Wildman–Crippen MR) is 77.6 cm³/mol. The lowest BCUT2D eigenvalue weighted by atomic mass is 9.91. The van der Waals surface area contributed by atoms with Gasteiger partial charge in [0.05, 0.1) is 0 Å². The minimum atomic E-state index is 0.208. The first-order valence-corrected chi connectivity index (χ1v) is 6.60. The standard InChI is InChI=1S/C14H33N3/c1-13(2,3)15-11-14(4,5)12-17(8)10-9-16(6)7/h15H,9-12H2,1-8H3. The van der Waals surface area contributed by atoms with E-state index in [0.29, 0.717) is 5.41 Å². The van der Waals surface area contributed by atoms with Crippen LogP contribution in [0.4, 0.5) is 0 Å². The summed E-state index contributed by atoms with van der Waals surface area (Å²) in [4.78, 5) is 4.65. The molecule has 0 aliphatic carbocycles. The molecule has 3 heteroatoms. The van der Waals surface area contributed by atoms with Crippen molar-refractivity contribution in [2.24, 2.45) is 5.41 Å². The van der Waals surface area contributed by atoms with Gasteiger partial charge in [0, 0.05) is 31.7 Å². The van der Waals surface area contributed by atoms with Crippen LogP contribution in [0.1, 0.15) is 34.6 Å². The van der Waals surface area contributed by atoms with Gasteiger partial charge in [-0.25, -0.2) is 0 Å². The average Bonchev–Trinajstić information content (AvgIpc) is 2.10. The second-order valence-corrected chi connectivity index (χ2v) is 7.31. The van der Waals surface area contributed by atoms with E-state index in [2.05, 4.69) is 70.9 Å². The summed E-state index contributed by atoms with van der Waals surface area (Å²) in [7, 11) is 6.46. The van der Waals surface area contributed by atoms with E-state index in [-0.39, 0.29) is 5.54 Å². The van der Waals surface area contributed by atoms with Crippen molar-refractivity contribution in [2.75, 3.05) is 47.3 Å². The van der Waals surface area contributed by atoms with Crippen LogP contribution in [0.25, 0.3) is 0 Å². The fourth-order valence-corrected chi connectivity index (χ4v) is 1.74. The first kappa shape index (κ1) is 16.9. The zero-order chi connectivity index (χ0) is 13.7. The third-order valence-electron chi connectivity index (χ3n) is 2.72. The van der Waals surface area contributed by atoms with Crippen molar-refractivity contribution in [1.29, 1.82) is 0 Å². The molecule has 0 atom stereocenters. The molecule has 0 saturated heterocycles. The largest absolute Gasteiger partial charge is 0.311 e. The van der Waals surface area contributed by atoms with Crippen LogP contribution < -0.4 is 5.32 Å². The Hall–Kier alpha value is -0.120. The molecule has 3 nitrogen and oxygen atoms in total. The third kappa shape index (κ3) is 10.7. The van der Waals surface area contributed by atoms with Gasteiger partial charge in [0.15, 0.2) is 0 Å². The van der Waals surface area contributed by atoms with E-state index in [4.69, 9.17) is 0 Å². The van der Waals surface area contributed by atoms with Crippen molar-refractivity contribution >= 4 is 0 Å². The lowest BCUT2D eigenvalue weighted by Crippen LogP contribution is -2.46. The van der Waals surface area contributed by atoms with Crippen LogP contribution in [0.5, 0.6) is 0 Å². The van der Waals surface area contributed by atoms with Crippen LogP contribution >= 0.6 is 0 Å². The molecule has 0 rings (SSSR count). The van der Waals surface area contributed by atoms with Gasteiger partial charge in [-0.2, -0.15) is 0 Å². The van der Waals surface area contributed by atoms with Crippen molar-refractivity contribution in [3.05, 3.63) is 0 Å². The summed E-state index contributed by atoms with van der Waals surface area (Å²) in [5.41, 5.74) is 0.522. The van der Waals surface area contributed by atoms with Gasteiger partial charge in [0.2, 0.25) is 0 Å². The molecule has 1 N–H and O–H groups in total. The Morgan fingerprint density at radius 3 is 1.82 bits per heavy atom. The molecular formula is C14H33N3. The topological polar surface area (TPSA) is 18.5 Å². The van der Waals surface area contributed by atoms with Gasteiger partial charge >= 0.3 is 0 Å². The lowest BCUT2D eigenvalue weighted by Gasteiger charge is -2.34. The molecule has 0 amide bonds. The summed E-state index contributed by atoms with van der Waals surface area (Å²) in [6.07, 6.45) is 0. The minimum Gasteiger partial charge on any atom is -0.311 e. The number of nitrogens with zero attached hydrogens (tertiary/aromatic N) is 2. The van der Waals surface area contributed by atoms with Crippen molar-refractivity contribution in [2.45, 2.75) is 40.2 Å². The number of rotatable bonds is 7. The van der Waals surface area contributed by atoms with Crippen LogP contribution in [0.2, 0.25) is 0 Å². The predicted octanol–water partition coefficient (Wildman–Crippen LogP) is 1.89. The van der Waals surface area contributed by atoms with E-state index in [9.17, 15) is 0 Å². The first-order chi connectivity index (χ1) is 7.52. The molecule has 0 heterocycles. The van der Waals surface area contributed by atoms with E-state index in [0.717, 1.165) is 26.2 Å². The Balaban J connectivity index is 3.98. The van der Waals surface area contributed by atoms with E-state index >= 15 is 0 Å². The highest BCUT2D eigenvalue weighted by Crippen LogP contribution is 2.16. The molecule has 0 aromatic carbocycles. The number of likely N-dealkylation sites (N-methyl/N-ethyl adjacent to an activating group) is 2. The number of nitrogens with one attached hydrogen (secondary N) is 1. The maximum absolute atomic E-state index is 3.60. The zero-order valence-electron chi connectivity index (χ0n) is 13.2. The Bertz CT molecular complexity index is 204. The van der Waals surface area contributed by atoms with Crippen LogP contribution in [0.3, 0.4) is 0 Å². The molecule has 0 spiro atoms. The van der Waals surface area contributed by atoms with Crippen LogP contribution in [-0.2, 0) is 0 Å². The average molecular weight is 243 g/mol. The summed E-state index contributed by atoms with van der Waals surface area (Å²) in [6, 6.07) is 0. The van der Waals surface area contributed by atoms with Gasteiger partial charge < -0.3 is 15.1 Å². The maximum atomic E-state index is 3.60. The van der Waals surface area contributed by atoms with Gasteiger partial charge in [-0.3, -0.25) is 0 Å². The quantitative estimate of drug-likeness (QED) is 0.737. The summed E-state index contributed by atoms with van der Waals surface area (Å²) in [5, 5.41) is 3.60. The number of hydrogen-bond donors (Lipinski definition) is 1. The van der Waals surface area contributed by atoms with E-state index in [1.165, 1.54) is 0 Å². The van der Waals surface area contributed by atoms with Crippen LogP contribution in [0.15, 0.2) is 0 Å². The fourth-order valence-electron chi connectivity index (χ4n) is 1.74. The number of hydrogen-bond acceptors (Lipinski definition) is 3. The second kappa shape index (κ2) is 6.72. The molecule has 104 valence electrons. The minimum absolute atomic E-state index is 0.208. The second-order valence-electron chi connectivity index (χ2n) is 7.31. The molecule has 0 aliphatic heterocycles. The van der Waals surface area contributed by atoms with Crippen molar-refractivity contribution in [3.63, 3.8) is 0 Å². The summed E-state index contributed by atoms with van der Waals surface area (Å²) < 4.78 is 0. The Morgan fingerprint density at radius 2 is 1.41 bits per heavy atom. The molecule has 0 aliphatic rings. The van der Waals surface area contributed by atoms with Gasteiger partial charge in [0.25, 0.3) is 0 Å². The Labute approximate surface area is 109 Å². The van der Waals surface area contributed by atoms with E-state index < -0.39 is 0 Å². The highest BCUT2D eigenvalue weighted by atomic mass is 15.2. The Morgan fingerprint density at radius 1 is 0.882 bits per heavy atom. The molecule has 17 heavy (non-hydrogen) atoms. The fraction of sp³-hybridized carbons (Fsp3) is 1.00. The lowest BCUT2D eigenvalue weighted by molar-refractivity contribution is 0.180. The molecule has 0 fully saturated rings. The van der Waals surface area contributed by atoms with E-state index in [1.807, 2.05) is 0 Å². The smallest absolute Gasteiger partial charge is 0.0106 e. The summed E-state index contributed by atoms with van der Waals surface area (Å²) in [6.45, 7) is 15.8. The molecular weight excluding hydrogens is 210 g/mol. The highest BCUT2D eigenvalue weighted by molar-refractivity contribution is 4.80. The summed E-state index contributed by atoms with van der Waals surface area (Å²) >= 11 is 0. The molecule has 0 radical (unpaired) electrons. The molecule has 0 aromatic rings. The normalized spacial score (nSPS) is 13.8. The van der Waals surface area contributed by atoms with E-state index in [1.54, 1.807) is 0 Å². The Kier molecular flexibility index (Phi) is 6.67. The van der Waals surface area contributed by atoms with Crippen molar-refractivity contribution in [1.82, 2.24) is 15.1 Å². The van der Waals surface area contributed by atoms with Crippen LogP contribution in [0, 0.1) is 5.41 Å². The van der Waals surface area contributed by atoms with Gasteiger partial charge in [0.1, 0.15) is 0 Å². The van der Waals surface area contributed by atoms with Gasteiger partial charge in [-0.05, 0) is 47.3 Å².